The largest absolute Gasteiger partial charge is 0.494 e. The van der Waals surface area contributed by atoms with Crippen LogP contribution >= 0.6 is 0 Å². The highest BCUT2D eigenvalue weighted by molar-refractivity contribution is 5.88. The van der Waals surface area contributed by atoms with Gasteiger partial charge in [0, 0.05) is 36.7 Å². The lowest BCUT2D eigenvalue weighted by Crippen LogP contribution is -2.61. The Labute approximate surface area is 218 Å². The Morgan fingerprint density at radius 2 is 1.68 bits per heavy atom. The van der Waals surface area contributed by atoms with Gasteiger partial charge in [0.05, 0.1) is 6.54 Å². The smallest absolute Gasteiger partial charge is 0.422 e. The molecule has 1 saturated carbocycles. The fourth-order valence-electron chi connectivity index (χ4n) is 6.11. The monoisotopic (exact) mass is 549 g/mol. The number of halogens is 5. The number of alkyl halides is 5. The predicted molar refractivity (Wildman–Crippen MR) is 129 cm³/mol. The first kappa shape index (κ1) is 28.4. The van der Waals surface area contributed by atoms with Gasteiger partial charge in [0.25, 0.3) is 0 Å². The quantitative estimate of drug-likeness (QED) is 0.403. The molecule has 5 N–H and O–H groups in total. The minimum absolute atomic E-state index is 0.00884. The molecule has 6 unspecified atom stereocenters. The molecule has 0 bridgehead atoms. The number of nitrogens with one attached hydrogen (secondary N) is 1. The maximum absolute atomic E-state index is 15.0. The van der Waals surface area contributed by atoms with Crippen molar-refractivity contribution < 1.29 is 37.0 Å². The van der Waals surface area contributed by atoms with Crippen molar-refractivity contribution in [3.8, 4) is 11.8 Å². The van der Waals surface area contributed by atoms with Gasteiger partial charge in [-0.25, -0.2) is 8.78 Å². The number of nitrogens with zero attached hydrogens (tertiary/aromatic N) is 3. The third-order valence-electron chi connectivity index (χ3n) is 8.39. The zero-order valence-corrected chi connectivity index (χ0v) is 21.4. The number of hydrogen-bond donors (Lipinski definition) is 4. The molecule has 1 aliphatic heterocycles. The minimum Gasteiger partial charge on any atom is -0.494 e. The number of aromatic hydroxyl groups is 2. The summed E-state index contributed by atoms with van der Waals surface area (Å²) < 4.78 is 69.9. The van der Waals surface area contributed by atoms with Crippen molar-refractivity contribution in [2.45, 2.75) is 89.0 Å². The number of nitrogens with two attached hydrogens (primary N) is 1. The molecule has 38 heavy (non-hydrogen) atoms. The summed E-state index contributed by atoms with van der Waals surface area (Å²) in [5.41, 5.74) is 6.41. The molecular formula is C25H36F5N5O3. The van der Waals surface area contributed by atoms with Crippen LogP contribution < -0.4 is 5.73 Å². The SMILES string of the molecule is CC1CC(F)C(CC(CC(=O)N2CCN(C(N)C(F)(F)F)C(=N)C2)n2c(O)c3c(c2O)CCCC3)CC1F. The Bertz CT molecular complexity index is 1020. The summed E-state index contributed by atoms with van der Waals surface area (Å²) in [6, 6.07) is -0.901. The second kappa shape index (κ2) is 10.9. The average Bonchev–Trinajstić information content (AvgIpc) is 3.10. The number of aromatic nitrogens is 1. The van der Waals surface area contributed by atoms with Crippen LogP contribution in [0.25, 0.3) is 0 Å². The van der Waals surface area contributed by atoms with Crippen LogP contribution in [0.5, 0.6) is 11.8 Å². The Balaban J connectivity index is 1.56. The van der Waals surface area contributed by atoms with Crippen molar-refractivity contribution in [3.05, 3.63) is 11.1 Å². The van der Waals surface area contributed by atoms with E-state index in [1.807, 2.05) is 0 Å². The van der Waals surface area contributed by atoms with Crippen LogP contribution in [-0.4, -0.2) is 80.6 Å². The summed E-state index contributed by atoms with van der Waals surface area (Å²) in [6.45, 7) is 0.845. The highest BCUT2D eigenvalue weighted by atomic mass is 19.4. The second-order valence-corrected chi connectivity index (χ2v) is 11.0. The van der Waals surface area contributed by atoms with E-state index in [0.717, 1.165) is 12.8 Å². The van der Waals surface area contributed by atoms with E-state index in [4.69, 9.17) is 11.1 Å². The van der Waals surface area contributed by atoms with Crippen molar-refractivity contribution in [2.24, 2.45) is 17.6 Å². The van der Waals surface area contributed by atoms with Gasteiger partial charge < -0.3 is 25.7 Å². The molecule has 1 aromatic heterocycles. The predicted octanol–water partition coefficient (Wildman–Crippen LogP) is 3.79. The standard InChI is InChI=1S/C25H36F5N5O3/c1-13-8-19(27)14(10-18(13)26)9-15(35-22(37)16-4-2-3-5-17(16)23(35)38)11-21(36)33-6-7-34(20(31)12-33)24(32)25(28,29)30/h13-15,18-19,24,31,37-38H,2-12,32H2,1H3. The van der Waals surface area contributed by atoms with Gasteiger partial charge in [-0.1, -0.05) is 6.92 Å². The molecule has 1 amide bonds. The van der Waals surface area contributed by atoms with E-state index in [2.05, 4.69) is 0 Å². The van der Waals surface area contributed by atoms with Crippen LogP contribution in [0.2, 0.25) is 0 Å². The topological polar surface area (TPSA) is 119 Å². The van der Waals surface area contributed by atoms with Gasteiger partial charge in [-0.3, -0.25) is 14.8 Å². The van der Waals surface area contributed by atoms with Crippen LogP contribution in [-0.2, 0) is 17.6 Å². The number of carbonyl (C=O) groups is 1. The number of piperazine rings is 1. The summed E-state index contributed by atoms with van der Waals surface area (Å²) in [7, 11) is 0. The first-order chi connectivity index (χ1) is 17.8. The van der Waals surface area contributed by atoms with Gasteiger partial charge in [-0.2, -0.15) is 13.2 Å². The number of rotatable bonds is 6. The average molecular weight is 550 g/mol. The Hall–Kier alpha value is -2.57. The molecule has 1 saturated heterocycles. The van der Waals surface area contributed by atoms with Crippen LogP contribution in [0.1, 0.15) is 62.6 Å². The van der Waals surface area contributed by atoms with E-state index >= 15 is 4.39 Å². The molecule has 13 heteroatoms. The van der Waals surface area contributed by atoms with Crippen LogP contribution in [0.3, 0.4) is 0 Å². The number of hydrogen-bond acceptors (Lipinski definition) is 5. The number of amidine groups is 1. The zero-order valence-electron chi connectivity index (χ0n) is 21.4. The molecule has 8 nitrogen and oxygen atoms in total. The molecule has 6 atom stereocenters. The first-order valence-corrected chi connectivity index (χ1v) is 13.2. The summed E-state index contributed by atoms with van der Waals surface area (Å²) in [5.74, 6) is -2.55. The zero-order chi connectivity index (χ0) is 27.9. The third-order valence-corrected chi connectivity index (χ3v) is 8.39. The van der Waals surface area contributed by atoms with E-state index in [9.17, 15) is 32.6 Å². The molecule has 214 valence electrons. The molecule has 0 spiro atoms. The van der Waals surface area contributed by atoms with Crippen molar-refractivity contribution in [1.29, 1.82) is 5.41 Å². The van der Waals surface area contributed by atoms with Crippen molar-refractivity contribution >= 4 is 11.7 Å². The molecule has 4 rings (SSSR count). The fraction of sp³-hybridized carbons (Fsp3) is 0.760. The van der Waals surface area contributed by atoms with Crippen LogP contribution in [0.4, 0.5) is 22.0 Å². The molecule has 2 heterocycles. The molecule has 0 radical (unpaired) electrons. The van der Waals surface area contributed by atoms with E-state index in [1.54, 1.807) is 6.92 Å². The summed E-state index contributed by atoms with van der Waals surface area (Å²) in [4.78, 5) is 15.2. The molecule has 1 aromatic rings. The normalized spacial score (nSPS) is 28.2. The van der Waals surface area contributed by atoms with Crippen LogP contribution in [0, 0.1) is 17.2 Å². The third kappa shape index (κ3) is 5.57. The van der Waals surface area contributed by atoms with Crippen molar-refractivity contribution in [3.63, 3.8) is 0 Å². The Morgan fingerprint density at radius 3 is 2.24 bits per heavy atom. The first-order valence-electron chi connectivity index (χ1n) is 13.2. The lowest BCUT2D eigenvalue weighted by atomic mass is 9.77. The molecular weight excluding hydrogens is 513 g/mol. The van der Waals surface area contributed by atoms with E-state index in [-0.39, 0.29) is 50.5 Å². The Kier molecular flexibility index (Phi) is 8.15. The van der Waals surface area contributed by atoms with E-state index in [1.165, 1.54) is 9.47 Å². The summed E-state index contributed by atoms with van der Waals surface area (Å²) in [5, 5.41) is 30.0. The maximum Gasteiger partial charge on any atom is 0.422 e. The Morgan fingerprint density at radius 1 is 1.08 bits per heavy atom. The lowest BCUT2D eigenvalue weighted by molar-refractivity contribution is -0.174. The van der Waals surface area contributed by atoms with E-state index in [0.29, 0.717) is 28.9 Å². The minimum atomic E-state index is -4.74. The fourth-order valence-corrected chi connectivity index (χ4v) is 6.11. The molecule has 3 aliphatic rings. The highest BCUT2D eigenvalue weighted by Crippen LogP contribution is 2.45. The highest BCUT2D eigenvalue weighted by Gasteiger charge is 2.44. The van der Waals surface area contributed by atoms with Crippen molar-refractivity contribution in [2.75, 3.05) is 19.6 Å². The molecule has 2 fully saturated rings. The number of carbonyl (C=O) groups excluding carboxylic acids is 1. The second-order valence-electron chi connectivity index (χ2n) is 11.0. The van der Waals surface area contributed by atoms with Gasteiger partial charge in [0.15, 0.2) is 17.9 Å². The van der Waals surface area contributed by atoms with Gasteiger partial charge in [0.2, 0.25) is 5.91 Å². The van der Waals surface area contributed by atoms with Crippen LogP contribution in [0.15, 0.2) is 0 Å². The lowest BCUT2D eigenvalue weighted by Gasteiger charge is -2.40. The van der Waals surface area contributed by atoms with Gasteiger partial charge in [-0.05, 0) is 56.8 Å². The summed E-state index contributed by atoms with van der Waals surface area (Å²) >= 11 is 0. The number of fused-ring (bicyclic) bond motifs is 1. The van der Waals surface area contributed by atoms with Gasteiger partial charge >= 0.3 is 6.18 Å². The molecule has 2 aliphatic carbocycles. The van der Waals surface area contributed by atoms with Gasteiger partial charge in [0.1, 0.15) is 18.2 Å². The molecule has 0 aromatic carbocycles. The van der Waals surface area contributed by atoms with Gasteiger partial charge in [-0.15, -0.1) is 0 Å². The van der Waals surface area contributed by atoms with E-state index < -0.39 is 60.9 Å². The maximum atomic E-state index is 15.0. The van der Waals surface area contributed by atoms with Crippen molar-refractivity contribution in [1.82, 2.24) is 14.4 Å². The number of amides is 1. The summed E-state index contributed by atoms with van der Waals surface area (Å²) in [6.07, 6.45) is -7.23.